The molecule has 0 saturated carbocycles. The number of Topliss-reactive ketones (excluding diaryl/α,β-unsaturated/α-hetero) is 1. The van der Waals surface area contributed by atoms with Gasteiger partial charge < -0.3 is 4.57 Å². The minimum atomic E-state index is 0.108. The Balaban J connectivity index is 1.80. The van der Waals surface area contributed by atoms with Crippen LogP contribution in [0.3, 0.4) is 0 Å². The van der Waals surface area contributed by atoms with Crippen LogP contribution in [-0.4, -0.2) is 26.1 Å². The fraction of sp³-hybridized carbons (Fsp3) is 0.250. The number of ketones is 1. The van der Waals surface area contributed by atoms with Gasteiger partial charge in [0.2, 0.25) is 0 Å². The highest BCUT2D eigenvalue weighted by Crippen LogP contribution is 2.26. The maximum absolute atomic E-state index is 12.7. The smallest absolute Gasteiger partial charge is 0.187 e. The lowest BCUT2D eigenvalue weighted by Gasteiger charge is -2.19. The molecule has 0 saturated heterocycles. The van der Waals surface area contributed by atoms with Gasteiger partial charge in [0.15, 0.2) is 10.9 Å². The lowest BCUT2D eigenvalue weighted by Crippen LogP contribution is -2.11. The van der Waals surface area contributed by atoms with Crippen LogP contribution in [0.4, 0.5) is 0 Å². The number of hydrogen-bond donors (Lipinski definition) is 0. The van der Waals surface area contributed by atoms with Crippen LogP contribution >= 0.6 is 11.8 Å². The van der Waals surface area contributed by atoms with Crippen molar-refractivity contribution in [3.63, 3.8) is 0 Å². The molecule has 4 nitrogen and oxygen atoms in total. The van der Waals surface area contributed by atoms with Crippen molar-refractivity contribution in [1.82, 2.24) is 14.5 Å². The molecule has 3 aromatic rings. The van der Waals surface area contributed by atoms with Crippen LogP contribution in [0.2, 0.25) is 0 Å². The SMILES string of the molecule is Cc1cc(C(=O)CSc2ncccn2)c(C)n1[C@@H](C)c1ccccc1. The molecule has 5 heteroatoms. The molecule has 0 aliphatic heterocycles. The van der Waals surface area contributed by atoms with Gasteiger partial charge in [-0.25, -0.2) is 9.97 Å². The van der Waals surface area contributed by atoms with Crippen molar-refractivity contribution in [3.05, 3.63) is 77.4 Å². The monoisotopic (exact) mass is 351 g/mol. The Hall–Kier alpha value is -2.40. The van der Waals surface area contributed by atoms with Gasteiger partial charge in [0.05, 0.1) is 11.8 Å². The molecule has 0 radical (unpaired) electrons. The number of benzene rings is 1. The van der Waals surface area contributed by atoms with Crippen molar-refractivity contribution in [2.75, 3.05) is 5.75 Å². The van der Waals surface area contributed by atoms with E-state index in [4.69, 9.17) is 0 Å². The van der Waals surface area contributed by atoms with Crippen LogP contribution in [-0.2, 0) is 0 Å². The van der Waals surface area contributed by atoms with E-state index in [1.165, 1.54) is 17.3 Å². The van der Waals surface area contributed by atoms with Crippen molar-refractivity contribution >= 4 is 17.5 Å². The zero-order valence-corrected chi connectivity index (χ0v) is 15.5. The van der Waals surface area contributed by atoms with Gasteiger partial charge in [-0.15, -0.1) is 0 Å². The second kappa shape index (κ2) is 7.66. The number of carbonyl (C=O) groups is 1. The standard InChI is InChI=1S/C20H21N3OS/c1-14-12-18(19(24)13-25-20-21-10-7-11-22-20)16(3)23(14)15(2)17-8-5-4-6-9-17/h4-12,15H,13H2,1-3H3/t15-/m0/s1. The fourth-order valence-corrected chi connectivity index (χ4v) is 3.79. The first-order chi connectivity index (χ1) is 12.1. The summed E-state index contributed by atoms with van der Waals surface area (Å²) >= 11 is 1.37. The highest BCUT2D eigenvalue weighted by Gasteiger charge is 2.19. The van der Waals surface area contributed by atoms with Crippen LogP contribution in [0.5, 0.6) is 0 Å². The van der Waals surface area contributed by atoms with E-state index < -0.39 is 0 Å². The van der Waals surface area contributed by atoms with Crippen LogP contribution < -0.4 is 0 Å². The number of rotatable bonds is 6. The zero-order valence-electron chi connectivity index (χ0n) is 14.6. The van der Waals surface area contributed by atoms with E-state index >= 15 is 0 Å². The Morgan fingerprint density at radius 1 is 1.12 bits per heavy atom. The van der Waals surface area contributed by atoms with Gasteiger partial charge >= 0.3 is 0 Å². The molecule has 3 rings (SSSR count). The van der Waals surface area contributed by atoms with E-state index in [2.05, 4.69) is 40.5 Å². The zero-order chi connectivity index (χ0) is 17.8. The summed E-state index contributed by atoms with van der Waals surface area (Å²) in [5, 5.41) is 0.627. The number of aryl methyl sites for hydroxylation is 1. The highest BCUT2D eigenvalue weighted by molar-refractivity contribution is 7.99. The number of carbonyl (C=O) groups excluding carboxylic acids is 1. The minimum Gasteiger partial charge on any atom is -0.341 e. The molecule has 2 heterocycles. The molecule has 0 fully saturated rings. The predicted octanol–water partition coefficient (Wildman–Crippen LogP) is 4.48. The molecule has 128 valence electrons. The molecule has 25 heavy (non-hydrogen) atoms. The van der Waals surface area contributed by atoms with Gasteiger partial charge in [0.25, 0.3) is 0 Å². The summed E-state index contributed by atoms with van der Waals surface area (Å²) in [5.74, 6) is 0.450. The molecule has 0 N–H and O–H groups in total. The summed E-state index contributed by atoms with van der Waals surface area (Å²) < 4.78 is 2.23. The summed E-state index contributed by atoms with van der Waals surface area (Å²) in [5.41, 5.74) is 4.12. The van der Waals surface area contributed by atoms with Crippen LogP contribution in [0, 0.1) is 13.8 Å². The predicted molar refractivity (Wildman–Crippen MR) is 101 cm³/mol. The van der Waals surface area contributed by atoms with Gasteiger partial charge in [-0.3, -0.25) is 4.79 Å². The quantitative estimate of drug-likeness (QED) is 0.373. The normalized spacial score (nSPS) is 12.1. The van der Waals surface area contributed by atoms with E-state index in [0.29, 0.717) is 10.9 Å². The Morgan fingerprint density at radius 3 is 2.48 bits per heavy atom. The molecule has 2 aromatic heterocycles. The molecular formula is C20H21N3OS. The van der Waals surface area contributed by atoms with Crippen LogP contribution in [0.15, 0.2) is 60.0 Å². The first-order valence-corrected chi connectivity index (χ1v) is 9.23. The van der Waals surface area contributed by atoms with Crippen molar-refractivity contribution < 1.29 is 4.79 Å². The van der Waals surface area contributed by atoms with E-state index in [-0.39, 0.29) is 11.8 Å². The molecular weight excluding hydrogens is 330 g/mol. The first-order valence-electron chi connectivity index (χ1n) is 8.24. The Kier molecular flexibility index (Phi) is 5.34. The van der Waals surface area contributed by atoms with Crippen LogP contribution in [0.25, 0.3) is 0 Å². The summed E-state index contributed by atoms with van der Waals surface area (Å²) in [4.78, 5) is 21.0. The Bertz CT molecular complexity index is 859. The van der Waals surface area contributed by atoms with Crippen LogP contribution in [0.1, 0.15) is 40.3 Å². The van der Waals surface area contributed by atoms with Gasteiger partial charge in [-0.1, -0.05) is 42.1 Å². The number of thioether (sulfide) groups is 1. The molecule has 0 amide bonds. The Labute approximate surface area is 152 Å². The molecule has 0 unspecified atom stereocenters. The number of aromatic nitrogens is 3. The third-order valence-corrected chi connectivity index (χ3v) is 5.20. The largest absolute Gasteiger partial charge is 0.341 e. The van der Waals surface area contributed by atoms with E-state index in [0.717, 1.165) is 17.0 Å². The van der Waals surface area contributed by atoms with Crippen molar-refractivity contribution in [2.24, 2.45) is 0 Å². The Morgan fingerprint density at radius 2 is 1.80 bits per heavy atom. The highest BCUT2D eigenvalue weighted by atomic mass is 32.2. The fourth-order valence-electron chi connectivity index (χ4n) is 3.10. The van der Waals surface area contributed by atoms with E-state index in [1.807, 2.05) is 31.2 Å². The minimum absolute atomic E-state index is 0.108. The second-order valence-electron chi connectivity index (χ2n) is 5.98. The summed E-state index contributed by atoms with van der Waals surface area (Å²) in [7, 11) is 0. The molecule has 0 aliphatic rings. The summed E-state index contributed by atoms with van der Waals surface area (Å²) in [6.45, 7) is 6.23. The third-order valence-electron chi connectivity index (χ3n) is 4.33. The van der Waals surface area contributed by atoms with Crippen molar-refractivity contribution in [2.45, 2.75) is 32.0 Å². The lowest BCUT2D eigenvalue weighted by molar-refractivity contribution is 0.102. The molecule has 0 aliphatic carbocycles. The van der Waals surface area contributed by atoms with Crippen molar-refractivity contribution in [3.8, 4) is 0 Å². The average molecular weight is 351 g/mol. The maximum Gasteiger partial charge on any atom is 0.187 e. The molecule has 1 atom stereocenters. The first kappa shape index (κ1) is 17.4. The number of nitrogens with zero attached hydrogens (tertiary/aromatic N) is 3. The summed E-state index contributed by atoms with van der Waals surface area (Å²) in [6.07, 6.45) is 3.38. The van der Waals surface area contributed by atoms with Gasteiger partial charge in [0, 0.05) is 29.3 Å². The summed E-state index contributed by atoms with van der Waals surface area (Å²) in [6, 6.07) is 14.3. The topological polar surface area (TPSA) is 47.8 Å². The molecule has 0 spiro atoms. The van der Waals surface area contributed by atoms with Gasteiger partial charge in [-0.05, 0) is 38.5 Å². The van der Waals surface area contributed by atoms with Gasteiger partial charge in [-0.2, -0.15) is 0 Å². The lowest BCUT2D eigenvalue weighted by atomic mass is 10.1. The maximum atomic E-state index is 12.7. The second-order valence-corrected chi connectivity index (χ2v) is 6.93. The molecule has 0 bridgehead atoms. The van der Waals surface area contributed by atoms with E-state index in [9.17, 15) is 4.79 Å². The van der Waals surface area contributed by atoms with Crippen molar-refractivity contribution in [1.29, 1.82) is 0 Å². The van der Waals surface area contributed by atoms with E-state index in [1.54, 1.807) is 18.5 Å². The number of hydrogen-bond acceptors (Lipinski definition) is 4. The average Bonchev–Trinajstić information content (AvgIpc) is 2.95. The van der Waals surface area contributed by atoms with Gasteiger partial charge in [0.1, 0.15) is 0 Å². The third kappa shape index (κ3) is 3.82. The molecule has 1 aromatic carbocycles.